The molecule has 0 radical (unpaired) electrons. The fraction of sp³-hybridized carbons (Fsp3) is 0.667. The van der Waals surface area contributed by atoms with Crippen molar-refractivity contribution in [3.63, 3.8) is 0 Å². The van der Waals surface area contributed by atoms with Gasteiger partial charge in [0.15, 0.2) is 0 Å². The van der Waals surface area contributed by atoms with Crippen LogP contribution in [0.1, 0.15) is 33.7 Å². The molecule has 0 aliphatic rings. The number of anilines is 1. The van der Waals surface area contributed by atoms with E-state index >= 15 is 0 Å². The van der Waals surface area contributed by atoms with E-state index in [2.05, 4.69) is 10.00 Å². The highest BCUT2D eigenvalue weighted by Gasteiger charge is 2.14. The highest BCUT2D eigenvalue weighted by atomic mass is 16.3. The maximum atomic E-state index is 11.9. The number of aliphatic hydroxyl groups is 1. The van der Waals surface area contributed by atoms with Crippen LogP contribution in [0.25, 0.3) is 0 Å². The van der Waals surface area contributed by atoms with Crippen molar-refractivity contribution in [1.29, 1.82) is 0 Å². The number of hydrogen-bond acceptors (Lipinski definition) is 4. The molecule has 0 spiro atoms. The maximum Gasteiger partial charge on any atom is 0.269 e. The normalized spacial score (nSPS) is 14.4. The lowest BCUT2D eigenvalue weighted by atomic mass is 10.2. The van der Waals surface area contributed by atoms with Crippen molar-refractivity contribution in [3.8, 4) is 0 Å². The van der Waals surface area contributed by atoms with E-state index in [1.807, 2.05) is 13.8 Å². The smallest absolute Gasteiger partial charge is 0.269 e. The molecule has 2 unspecified atom stereocenters. The Morgan fingerprint density at radius 1 is 1.41 bits per heavy atom. The molecule has 5 heteroatoms. The molecule has 0 saturated carbocycles. The Balaban J connectivity index is 3.06. The van der Waals surface area contributed by atoms with Gasteiger partial charge in [-0.1, -0.05) is 0 Å². The van der Waals surface area contributed by atoms with Gasteiger partial charge in [-0.2, -0.15) is 5.10 Å². The first kappa shape index (κ1) is 13.7. The van der Waals surface area contributed by atoms with E-state index in [4.69, 9.17) is 0 Å². The SMILES string of the molecule is CCN(CC)c1cnn(C(C)C(C)O)c(=O)c1. The second kappa shape index (κ2) is 5.82. The van der Waals surface area contributed by atoms with Gasteiger partial charge in [-0.25, -0.2) is 4.68 Å². The standard InChI is InChI=1S/C12H21N3O2/c1-5-14(6-2)11-7-12(17)15(13-8-11)9(3)10(4)16/h7-10,16H,5-6H2,1-4H3. The number of hydrogen-bond donors (Lipinski definition) is 1. The van der Waals surface area contributed by atoms with E-state index in [9.17, 15) is 9.90 Å². The van der Waals surface area contributed by atoms with E-state index in [1.165, 1.54) is 4.68 Å². The first-order chi connectivity index (χ1) is 8.01. The molecule has 1 aromatic rings. The maximum absolute atomic E-state index is 11.9. The van der Waals surface area contributed by atoms with Gasteiger partial charge in [0.1, 0.15) is 0 Å². The molecule has 0 amide bonds. The third kappa shape index (κ3) is 3.06. The molecule has 1 aromatic heterocycles. The molecule has 1 heterocycles. The second-order valence-electron chi connectivity index (χ2n) is 4.15. The van der Waals surface area contributed by atoms with Crippen molar-refractivity contribution in [2.75, 3.05) is 18.0 Å². The predicted octanol–water partition coefficient (Wildman–Crippen LogP) is 1.03. The average molecular weight is 239 g/mol. The lowest BCUT2D eigenvalue weighted by Gasteiger charge is -2.22. The Kier molecular flexibility index (Phi) is 4.69. The molecule has 17 heavy (non-hydrogen) atoms. The Morgan fingerprint density at radius 3 is 2.41 bits per heavy atom. The Morgan fingerprint density at radius 2 is 2.00 bits per heavy atom. The summed E-state index contributed by atoms with van der Waals surface area (Å²) < 4.78 is 1.32. The summed E-state index contributed by atoms with van der Waals surface area (Å²) in [5.41, 5.74) is 0.650. The van der Waals surface area contributed by atoms with Crippen LogP contribution in [0.3, 0.4) is 0 Å². The fourth-order valence-corrected chi connectivity index (χ4v) is 1.68. The highest BCUT2D eigenvalue weighted by molar-refractivity contribution is 5.42. The van der Waals surface area contributed by atoms with Gasteiger partial charge in [-0.15, -0.1) is 0 Å². The van der Waals surface area contributed by atoms with Crippen LogP contribution >= 0.6 is 0 Å². The minimum Gasteiger partial charge on any atom is -0.391 e. The highest BCUT2D eigenvalue weighted by Crippen LogP contribution is 2.11. The summed E-state index contributed by atoms with van der Waals surface area (Å²) in [6, 6.07) is 1.26. The quantitative estimate of drug-likeness (QED) is 0.834. The summed E-state index contributed by atoms with van der Waals surface area (Å²) in [5.74, 6) is 0. The van der Waals surface area contributed by atoms with Crippen LogP contribution < -0.4 is 10.5 Å². The molecule has 0 aromatic carbocycles. The fourth-order valence-electron chi connectivity index (χ4n) is 1.68. The van der Waals surface area contributed by atoms with Gasteiger partial charge >= 0.3 is 0 Å². The molecule has 5 nitrogen and oxygen atoms in total. The summed E-state index contributed by atoms with van der Waals surface area (Å²) in [4.78, 5) is 13.9. The molecule has 1 N–H and O–H groups in total. The Bertz CT molecular complexity index is 410. The average Bonchev–Trinajstić information content (AvgIpc) is 2.30. The molecule has 0 aliphatic carbocycles. The molecular weight excluding hydrogens is 218 g/mol. The molecule has 96 valence electrons. The van der Waals surface area contributed by atoms with Crippen molar-refractivity contribution in [2.24, 2.45) is 0 Å². The van der Waals surface area contributed by atoms with Crippen LogP contribution in [0.4, 0.5) is 5.69 Å². The number of nitrogens with zero attached hydrogens (tertiary/aromatic N) is 3. The lowest BCUT2D eigenvalue weighted by Crippen LogP contribution is -2.32. The number of aromatic nitrogens is 2. The van der Waals surface area contributed by atoms with Crippen LogP contribution in [-0.4, -0.2) is 34.1 Å². The summed E-state index contributed by atoms with van der Waals surface area (Å²) >= 11 is 0. The van der Waals surface area contributed by atoms with Gasteiger partial charge in [0.25, 0.3) is 5.56 Å². The Hall–Kier alpha value is -1.36. The molecular formula is C12H21N3O2. The first-order valence-corrected chi connectivity index (χ1v) is 6.03. The summed E-state index contributed by atoms with van der Waals surface area (Å²) in [6.45, 7) is 9.18. The summed E-state index contributed by atoms with van der Waals surface area (Å²) in [7, 11) is 0. The summed E-state index contributed by atoms with van der Waals surface area (Å²) in [5, 5.41) is 13.6. The monoisotopic (exact) mass is 239 g/mol. The number of rotatable bonds is 5. The van der Waals surface area contributed by atoms with E-state index in [1.54, 1.807) is 26.1 Å². The van der Waals surface area contributed by atoms with Gasteiger partial charge in [0.05, 0.1) is 24.0 Å². The zero-order valence-electron chi connectivity index (χ0n) is 10.9. The van der Waals surface area contributed by atoms with Crippen LogP contribution in [0.2, 0.25) is 0 Å². The van der Waals surface area contributed by atoms with Crippen molar-refractivity contribution >= 4 is 5.69 Å². The minimum absolute atomic E-state index is 0.178. The molecule has 2 atom stereocenters. The zero-order chi connectivity index (χ0) is 13.0. The lowest BCUT2D eigenvalue weighted by molar-refractivity contribution is 0.129. The second-order valence-corrected chi connectivity index (χ2v) is 4.15. The van der Waals surface area contributed by atoms with Gasteiger partial charge < -0.3 is 10.0 Å². The van der Waals surface area contributed by atoms with Crippen molar-refractivity contribution in [2.45, 2.75) is 39.8 Å². The molecule has 0 fully saturated rings. The van der Waals surface area contributed by atoms with E-state index in [0.29, 0.717) is 0 Å². The summed E-state index contributed by atoms with van der Waals surface area (Å²) in [6.07, 6.45) is 1.08. The third-order valence-electron chi connectivity index (χ3n) is 3.02. The van der Waals surface area contributed by atoms with Crippen LogP contribution in [0.15, 0.2) is 17.1 Å². The first-order valence-electron chi connectivity index (χ1n) is 6.03. The van der Waals surface area contributed by atoms with E-state index in [0.717, 1.165) is 18.8 Å². The Labute approximate surface area is 102 Å². The van der Waals surface area contributed by atoms with Gasteiger partial charge in [0, 0.05) is 19.2 Å². The van der Waals surface area contributed by atoms with E-state index < -0.39 is 6.10 Å². The van der Waals surface area contributed by atoms with Gasteiger partial charge in [-0.05, 0) is 27.7 Å². The minimum atomic E-state index is -0.598. The zero-order valence-corrected chi connectivity index (χ0v) is 10.9. The van der Waals surface area contributed by atoms with Crippen molar-refractivity contribution in [1.82, 2.24) is 9.78 Å². The molecule has 0 saturated heterocycles. The van der Waals surface area contributed by atoms with Crippen LogP contribution in [0.5, 0.6) is 0 Å². The van der Waals surface area contributed by atoms with Gasteiger partial charge in [-0.3, -0.25) is 4.79 Å². The van der Waals surface area contributed by atoms with E-state index in [-0.39, 0.29) is 11.6 Å². The van der Waals surface area contributed by atoms with Gasteiger partial charge in [0.2, 0.25) is 0 Å². The number of aliphatic hydroxyl groups excluding tert-OH is 1. The van der Waals surface area contributed by atoms with Crippen molar-refractivity contribution < 1.29 is 5.11 Å². The van der Waals surface area contributed by atoms with Crippen molar-refractivity contribution in [3.05, 3.63) is 22.6 Å². The van der Waals surface area contributed by atoms with Crippen LogP contribution in [-0.2, 0) is 0 Å². The third-order valence-corrected chi connectivity index (χ3v) is 3.02. The predicted molar refractivity (Wildman–Crippen MR) is 68.4 cm³/mol. The molecule has 1 rings (SSSR count). The molecule has 0 bridgehead atoms. The van der Waals surface area contributed by atoms with Crippen LogP contribution in [0, 0.1) is 0 Å². The molecule has 0 aliphatic heterocycles. The largest absolute Gasteiger partial charge is 0.391 e. The topological polar surface area (TPSA) is 58.4 Å².